The largest absolute Gasteiger partial charge is 0.353 e. The minimum absolute atomic E-state index is 0.161. The van der Waals surface area contributed by atoms with Crippen molar-refractivity contribution in [3.05, 3.63) is 59.1 Å². The molecule has 1 fully saturated rings. The molecule has 0 saturated carbocycles. The van der Waals surface area contributed by atoms with Gasteiger partial charge in [0.15, 0.2) is 0 Å². The Labute approximate surface area is 139 Å². The van der Waals surface area contributed by atoms with E-state index in [-0.39, 0.29) is 5.92 Å². The zero-order chi connectivity index (χ0) is 15.8. The van der Waals surface area contributed by atoms with Crippen LogP contribution in [0.3, 0.4) is 0 Å². The highest BCUT2D eigenvalue weighted by atomic mass is 35.5. The van der Waals surface area contributed by atoms with E-state index in [0.29, 0.717) is 18.0 Å². The number of hydrogen-bond acceptors (Lipinski definition) is 1. The lowest BCUT2D eigenvalue weighted by atomic mass is 9.86. The van der Waals surface area contributed by atoms with Crippen molar-refractivity contribution in [1.29, 1.82) is 0 Å². The number of benzene rings is 2. The Morgan fingerprint density at radius 1 is 1.04 bits per heavy atom. The molecule has 1 aromatic heterocycles. The summed E-state index contributed by atoms with van der Waals surface area (Å²) in [5.74, 6) is -0.161. The number of fused-ring (bicyclic) bond motifs is 1. The molecule has 4 heteroatoms. The molecule has 0 amide bonds. The molecule has 4 rings (SSSR count). The van der Waals surface area contributed by atoms with Crippen molar-refractivity contribution < 1.29 is 4.39 Å². The van der Waals surface area contributed by atoms with Crippen molar-refractivity contribution in [2.24, 2.45) is 0 Å². The maximum Gasteiger partial charge on any atom is 0.109 e. The number of para-hydroxylation sites is 1. The number of H-pyrrole nitrogens is 1. The van der Waals surface area contributed by atoms with Gasteiger partial charge >= 0.3 is 0 Å². The summed E-state index contributed by atoms with van der Waals surface area (Å²) in [6, 6.07) is 15.9. The van der Waals surface area contributed by atoms with Crippen LogP contribution in [0, 0.1) is 0 Å². The van der Waals surface area contributed by atoms with Crippen molar-refractivity contribution in [2.75, 3.05) is 13.1 Å². The van der Waals surface area contributed by atoms with Crippen molar-refractivity contribution in [1.82, 2.24) is 10.3 Å². The summed E-state index contributed by atoms with van der Waals surface area (Å²) in [5, 5.41) is 5.02. The predicted octanol–water partition coefficient (Wildman–Crippen LogP) is 4.90. The van der Waals surface area contributed by atoms with Gasteiger partial charge in [-0.1, -0.05) is 54.1 Å². The number of aromatic amines is 1. The molecule has 3 aromatic rings. The monoisotopic (exact) mass is 328 g/mol. The number of piperidine rings is 1. The van der Waals surface area contributed by atoms with Crippen LogP contribution in [0.4, 0.5) is 4.39 Å². The molecule has 1 aliphatic rings. The van der Waals surface area contributed by atoms with E-state index in [1.54, 1.807) is 0 Å². The molecule has 2 aromatic carbocycles. The highest BCUT2D eigenvalue weighted by molar-refractivity contribution is 6.35. The third-order valence-corrected chi connectivity index (χ3v) is 4.97. The van der Waals surface area contributed by atoms with Gasteiger partial charge in [0, 0.05) is 17.8 Å². The molecule has 0 spiro atoms. The molecular weight excluding hydrogens is 311 g/mol. The van der Waals surface area contributed by atoms with Crippen LogP contribution in [0.1, 0.15) is 17.9 Å². The normalized spacial score (nSPS) is 21.7. The number of rotatable bonds is 2. The average Bonchev–Trinajstić information content (AvgIpc) is 2.97. The fourth-order valence-corrected chi connectivity index (χ4v) is 3.75. The molecule has 1 aliphatic heterocycles. The van der Waals surface area contributed by atoms with E-state index >= 15 is 0 Å². The summed E-state index contributed by atoms with van der Waals surface area (Å²) in [6.45, 7) is 1.39. The van der Waals surface area contributed by atoms with Crippen LogP contribution in [0.25, 0.3) is 22.2 Å². The summed E-state index contributed by atoms with van der Waals surface area (Å²) in [6.07, 6.45) is -0.289. The maximum atomic E-state index is 14.6. The number of nitrogens with one attached hydrogen (secondary N) is 2. The standard InChI is InChI=1S/C19H18ClFN2/c20-15-8-4-7-13-17(14-11-22-10-9-16(14)21)18(23-19(13)15)12-5-2-1-3-6-12/h1-8,14,16,22-23H,9-11H2. The van der Waals surface area contributed by atoms with Gasteiger partial charge in [-0.05, 0) is 30.2 Å². The van der Waals surface area contributed by atoms with Crippen LogP contribution in [-0.4, -0.2) is 24.2 Å². The zero-order valence-corrected chi connectivity index (χ0v) is 13.4. The first-order chi connectivity index (χ1) is 11.3. The molecule has 1 saturated heterocycles. The van der Waals surface area contributed by atoms with Crippen LogP contribution in [-0.2, 0) is 0 Å². The second kappa shape index (κ2) is 5.99. The molecule has 2 unspecified atom stereocenters. The van der Waals surface area contributed by atoms with Gasteiger partial charge in [0.05, 0.1) is 16.2 Å². The Kier molecular flexibility index (Phi) is 3.83. The van der Waals surface area contributed by atoms with Crippen LogP contribution in [0.5, 0.6) is 0 Å². The topological polar surface area (TPSA) is 27.8 Å². The molecule has 118 valence electrons. The van der Waals surface area contributed by atoms with Crippen LogP contribution in [0.15, 0.2) is 48.5 Å². The van der Waals surface area contributed by atoms with Crippen LogP contribution < -0.4 is 5.32 Å². The lowest BCUT2D eigenvalue weighted by Crippen LogP contribution is -2.36. The third-order valence-electron chi connectivity index (χ3n) is 4.65. The SMILES string of the molecule is FC1CCNCC1c1c(-c2ccccc2)[nH]c2c(Cl)cccc12. The van der Waals surface area contributed by atoms with Crippen molar-refractivity contribution in [3.63, 3.8) is 0 Å². The summed E-state index contributed by atoms with van der Waals surface area (Å²) in [4.78, 5) is 3.44. The lowest BCUT2D eigenvalue weighted by Gasteiger charge is -2.27. The Balaban J connectivity index is 1.98. The molecule has 2 nitrogen and oxygen atoms in total. The van der Waals surface area contributed by atoms with Gasteiger partial charge in [0.2, 0.25) is 0 Å². The Bertz CT molecular complexity index is 828. The van der Waals surface area contributed by atoms with E-state index < -0.39 is 6.17 Å². The summed E-state index contributed by atoms with van der Waals surface area (Å²) in [5.41, 5.74) is 3.96. The Hall–Kier alpha value is -1.84. The minimum atomic E-state index is -0.836. The van der Waals surface area contributed by atoms with E-state index in [1.165, 1.54) is 0 Å². The lowest BCUT2D eigenvalue weighted by molar-refractivity contribution is 0.229. The van der Waals surface area contributed by atoms with Gasteiger partial charge in [0.25, 0.3) is 0 Å². The van der Waals surface area contributed by atoms with Crippen LogP contribution in [0.2, 0.25) is 5.02 Å². The van der Waals surface area contributed by atoms with Gasteiger partial charge in [-0.2, -0.15) is 0 Å². The van der Waals surface area contributed by atoms with Gasteiger partial charge in [-0.3, -0.25) is 0 Å². The first kappa shape index (κ1) is 14.7. The van der Waals surface area contributed by atoms with Crippen LogP contribution >= 0.6 is 11.6 Å². The summed E-state index contributed by atoms with van der Waals surface area (Å²) in [7, 11) is 0. The highest BCUT2D eigenvalue weighted by Crippen LogP contribution is 2.40. The Morgan fingerprint density at radius 2 is 1.87 bits per heavy atom. The van der Waals surface area contributed by atoms with Gasteiger partial charge in [0.1, 0.15) is 6.17 Å². The van der Waals surface area contributed by atoms with Gasteiger partial charge < -0.3 is 10.3 Å². The molecular formula is C19H18ClFN2. The van der Waals surface area contributed by atoms with E-state index in [0.717, 1.165) is 34.3 Å². The fourth-order valence-electron chi connectivity index (χ4n) is 3.53. The second-order valence-electron chi connectivity index (χ2n) is 6.06. The number of hydrogen-bond donors (Lipinski definition) is 2. The second-order valence-corrected chi connectivity index (χ2v) is 6.46. The number of aromatic nitrogens is 1. The predicted molar refractivity (Wildman–Crippen MR) is 93.9 cm³/mol. The molecule has 23 heavy (non-hydrogen) atoms. The van der Waals surface area contributed by atoms with Gasteiger partial charge in [-0.25, -0.2) is 4.39 Å². The van der Waals surface area contributed by atoms with Crippen molar-refractivity contribution in [2.45, 2.75) is 18.5 Å². The van der Waals surface area contributed by atoms with E-state index in [9.17, 15) is 4.39 Å². The fraction of sp³-hybridized carbons (Fsp3) is 0.263. The molecule has 2 atom stereocenters. The highest BCUT2D eigenvalue weighted by Gasteiger charge is 2.31. The molecule has 2 heterocycles. The number of alkyl halides is 1. The first-order valence-electron chi connectivity index (χ1n) is 7.96. The zero-order valence-electron chi connectivity index (χ0n) is 12.7. The van der Waals surface area contributed by atoms with Gasteiger partial charge in [-0.15, -0.1) is 0 Å². The molecule has 0 radical (unpaired) electrons. The van der Waals surface area contributed by atoms with E-state index in [2.05, 4.69) is 10.3 Å². The number of halogens is 2. The smallest absolute Gasteiger partial charge is 0.109 e. The summed E-state index contributed by atoms with van der Waals surface area (Å²) >= 11 is 6.36. The van der Waals surface area contributed by atoms with Crippen molar-refractivity contribution in [3.8, 4) is 11.3 Å². The first-order valence-corrected chi connectivity index (χ1v) is 8.34. The molecule has 0 bridgehead atoms. The average molecular weight is 329 g/mol. The van der Waals surface area contributed by atoms with Crippen molar-refractivity contribution >= 4 is 22.5 Å². The van der Waals surface area contributed by atoms with E-state index in [1.807, 2.05) is 48.5 Å². The Morgan fingerprint density at radius 3 is 2.65 bits per heavy atom. The molecule has 0 aliphatic carbocycles. The third kappa shape index (κ3) is 2.54. The quantitative estimate of drug-likeness (QED) is 0.687. The summed E-state index contributed by atoms with van der Waals surface area (Å²) < 4.78 is 14.6. The maximum absolute atomic E-state index is 14.6. The van der Waals surface area contributed by atoms with E-state index in [4.69, 9.17) is 11.6 Å². The molecule has 2 N–H and O–H groups in total. The minimum Gasteiger partial charge on any atom is -0.353 e.